The number of nitrogens with one attached hydrogen (secondary N) is 1. The topological polar surface area (TPSA) is 71.2 Å². The fourth-order valence-corrected chi connectivity index (χ4v) is 5.65. The molecule has 1 aromatic carbocycles. The van der Waals surface area contributed by atoms with Crippen molar-refractivity contribution >= 4 is 39.8 Å². The molecule has 9 heteroatoms. The Balaban J connectivity index is 1.37. The van der Waals surface area contributed by atoms with Crippen LogP contribution in [0, 0.1) is 0 Å². The van der Waals surface area contributed by atoms with Gasteiger partial charge in [-0.2, -0.15) is 5.10 Å². The van der Waals surface area contributed by atoms with Gasteiger partial charge in [0.05, 0.1) is 21.9 Å². The quantitative estimate of drug-likeness (QED) is 0.661. The number of aromatic nitrogens is 4. The summed E-state index contributed by atoms with van der Waals surface area (Å²) in [6.45, 7) is 3.68. The number of aryl methyl sites for hydroxylation is 1. The highest BCUT2D eigenvalue weighted by molar-refractivity contribution is 6.38. The third-order valence-corrected chi connectivity index (χ3v) is 7.67. The molecule has 0 atom stereocenters. The first-order valence-corrected chi connectivity index (χ1v) is 11.3. The second-order valence-corrected chi connectivity index (χ2v) is 9.43. The number of hydrogen-bond acceptors (Lipinski definition) is 6. The van der Waals surface area contributed by atoms with Crippen molar-refractivity contribution in [3.8, 4) is 0 Å². The molecule has 0 radical (unpaired) electrons. The second-order valence-electron chi connectivity index (χ2n) is 9.05. The van der Waals surface area contributed by atoms with Crippen LogP contribution < -0.4 is 20.7 Å². The summed E-state index contributed by atoms with van der Waals surface area (Å²) in [6, 6.07) is 3.91. The molecule has 162 valence electrons. The van der Waals surface area contributed by atoms with Gasteiger partial charge in [0.2, 0.25) is 5.95 Å². The number of anilines is 3. The van der Waals surface area contributed by atoms with Gasteiger partial charge in [-0.25, -0.2) is 4.98 Å². The van der Waals surface area contributed by atoms with E-state index in [0.717, 1.165) is 67.1 Å². The van der Waals surface area contributed by atoms with Crippen LogP contribution >= 0.6 is 11.6 Å². The minimum Gasteiger partial charge on any atom is -0.342 e. The Hall–Kier alpha value is -2.58. The van der Waals surface area contributed by atoms with Gasteiger partial charge in [0.1, 0.15) is 5.69 Å². The van der Waals surface area contributed by atoms with Gasteiger partial charge < -0.3 is 15.1 Å². The number of nitrogens with zero attached hydrogens (tertiary/aromatic N) is 6. The predicted octanol–water partition coefficient (Wildman–Crippen LogP) is 2.35. The van der Waals surface area contributed by atoms with Crippen LogP contribution in [-0.4, -0.2) is 51.0 Å². The Bertz CT molecular complexity index is 1250. The van der Waals surface area contributed by atoms with Crippen LogP contribution in [0.5, 0.6) is 0 Å². The average molecular weight is 440 g/mol. The van der Waals surface area contributed by atoms with Crippen molar-refractivity contribution in [1.29, 1.82) is 0 Å². The van der Waals surface area contributed by atoms with Crippen LogP contribution in [0.15, 0.2) is 23.1 Å². The molecular weight excluding hydrogens is 414 g/mol. The maximum atomic E-state index is 13.5. The van der Waals surface area contributed by atoms with Crippen LogP contribution in [0.2, 0.25) is 5.02 Å². The third-order valence-electron chi connectivity index (χ3n) is 7.27. The fraction of sp³-hybridized carbons (Fsp3) is 0.500. The Kier molecular flexibility index (Phi) is 4.14. The van der Waals surface area contributed by atoms with E-state index in [1.165, 1.54) is 6.42 Å². The second kappa shape index (κ2) is 6.71. The van der Waals surface area contributed by atoms with Gasteiger partial charge >= 0.3 is 0 Å². The number of hydrogen-bond donors (Lipinski definition) is 1. The van der Waals surface area contributed by atoms with Gasteiger partial charge in [-0.15, -0.1) is 0 Å². The van der Waals surface area contributed by atoms with Gasteiger partial charge in [0.25, 0.3) is 5.56 Å². The number of fused-ring (bicyclic) bond motifs is 2. The average Bonchev–Trinajstić information content (AvgIpc) is 3.33. The Morgan fingerprint density at radius 2 is 1.90 bits per heavy atom. The van der Waals surface area contributed by atoms with Crippen molar-refractivity contribution in [3.63, 3.8) is 0 Å². The first-order chi connectivity index (χ1) is 15.0. The van der Waals surface area contributed by atoms with E-state index in [9.17, 15) is 4.79 Å². The lowest BCUT2D eigenvalue weighted by atomic mass is 9.79. The van der Waals surface area contributed by atoms with Crippen LogP contribution in [0.25, 0.3) is 10.9 Å². The minimum atomic E-state index is -0.0121. The molecule has 2 aromatic heterocycles. The molecule has 3 aliphatic rings. The normalized spacial score (nSPS) is 19.8. The van der Waals surface area contributed by atoms with Gasteiger partial charge in [0, 0.05) is 57.3 Å². The van der Waals surface area contributed by atoms with Gasteiger partial charge in [-0.3, -0.25) is 14.0 Å². The summed E-state index contributed by atoms with van der Waals surface area (Å²) in [6.07, 6.45) is 6.12. The zero-order valence-electron chi connectivity index (χ0n) is 17.9. The largest absolute Gasteiger partial charge is 0.342 e. The molecule has 2 saturated heterocycles. The molecule has 6 rings (SSSR count). The standard InChI is InChI=1S/C22H26ClN7O/c1-27-13-14-15(26-27)3-4-17(18(14)23)30-10-5-16-19(30)20(31)28(2)21(25-16)29-11-7-22(8-12-29)6-9-24-22/h3-4,13,24H,5-12H2,1-2H3. The molecule has 0 saturated carbocycles. The molecule has 8 nitrogen and oxygen atoms in total. The number of halogens is 1. The van der Waals surface area contributed by atoms with E-state index in [0.29, 0.717) is 22.8 Å². The first-order valence-electron chi connectivity index (χ1n) is 11.0. The SMILES string of the molecule is Cn1cc2c(Cl)c(N3CCc4nc(N5CCC6(CCN6)CC5)n(C)c(=O)c43)ccc2n1. The molecule has 0 aliphatic carbocycles. The molecule has 3 aliphatic heterocycles. The lowest BCUT2D eigenvalue weighted by Gasteiger charge is -2.49. The molecule has 1 N–H and O–H groups in total. The summed E-state index contributed by atoms with van der Waals surface area (Å²) in [5, 5.41) is 9.55. The first kappa shape index (κ1) is 19.1. The van der Waals surface area contributed by atoms with Crippen molar-refractivity contribution in [1.82, 2.24) is 24.6 Å². The summed E-state index contributed by atoms with van der Waals surface area (Å²) in [7, 11) is 3.71. The molecule has 2 fully saturated rings. The monoisotopic (exact) mass is 439 g/mol. The Morgan fingerprint density at radius 1 is 1.13 bits per heavy atom. The highest BCUT2D eigenvalue weighted by Gasteiger charge is 2.40. The van der Waals surface area contributed by atoms with Gasteiger partial charge in [-0.05, 0) is 37.9 Å². The molecule has 5 heterocycles. The lowest BCUT2D eigenvalue weighted by Crippen LogP contribution is -2.62. The molecule has 0 amide bonds. The third kappa shape index (κ3) is 2.81. The van der Waals surface area contributed by atoms with Crippen LogP contribution in [0.3, 0.4) is 0 Å². The maximum absolute atomic E-state index is 13.5. The van der Waals surface area contributed by atoms with Crippen molar-refractivity contribution in [3.05, 3.63) is 39.4 Å². The fourth-order valence-electron chi connectivity index (χ4n) is 5.34. The Labute approximate surface area is 185 Å². The van der Waals surface area contributed by atoms with Crippen molar-refractivity contribution in [2.45, 2.75) is 31.2 Å². The van der Waals surface area contributed by atoms with E-state index in [2.05, 4.69) is 15.3 Å². The smallest absolute Gasteiger partial charge is 0.278 e. The van der Waals surface area contributed by atoms with Crippen molar-refractivity contribution < 1.29 is 0 Å². The zero-order valence-corrected chi connectivity index (χ0v) is 18.6. The van der Waals surface area contributed by atoms with Crippen LogP contribution in [0.1, 0.15) is 25.0 Å². The van der Waals surface area contributed by atoms with E-state index in [-0.39, 0.29) is 5.56 Å². The molecule has 31 heavy (non-hydrogen) atoms. The van der Waals surface area contributed by atoms with Crippen LogP contribution in [0.4, 0.5) is 17.3 Å². The lowest BCUT2D eigenvalue weighted by molar-refractivity contribution is 0.163. The molecule has 0 unspecified atom stereocenters. The van der Waals surface area contributed by atoms with Crippen LogP contribution in [-0.2, 0) is 20.5 Å². The van der Waals surface area contributed by atoms with E-state index < -0.39 is 0 Å². The van der Waals surface area contributed by atoms with E-state index in [1.807, 2.05) is 37.3 Å². The van der Waals surface area contributed by atoms with Crippen molar-refractivity contribution in [2.24, 2.45) is 14.1 Å². The van der Waals surface area contributed by atoms with Gasteiger partial charge in [0.15, 0.2) is 0 Å². The molecular formula is C22H26ClN7O. The summed E-state index contributed by atoms with van der Waals surface area (Å²) in [5.74, 6) is 0.786. The molecule has 0 bridgehead atoms. The van der Waals surface area contributed by atoms with E-state index >= 15 is 0 Å². The zero-order chi connectivity index (χ0) is 21.3. The highest BCUT2D eigenvalue weighted by Crippen LogP contribution is 2.40. The van der Waals surface area contributed by atoms with Crippen molar-refractivity contribution in [2.75, 3.05) is 36.0 Å². The highest BCUT2D eigenvalue weighted by atomic mass is 35.5. The summed E-state index contributed by atoms with van der Waals surface area (Å²) < 4.78 is 3.47. The molecule has 1 spiro atoms. The van der Waals surface area contributed by atoms with Gasteiger partial charge in [-0.1, -0.05) is 11.6 Å². The summed E-state index contributed by atoms with van der Waals surface area (Å²) in [4.78, 5) is 22.7. The number of benzene rings is 1. The summed E-state index contributed by atoms with van der Waals surface area (Å²) in [5.41, 5.74) is 3.50. The maximum Gasteiger partial charge on any atom is 0.278 e. The minimum absolute atomic E-state index is 0.0121. The predicted molar refractivity (Wildman–Crippen MR) is 123 cm³/mol. The number of piperidine rings is 1. The van der Waals surface area contributed by atoms with E-state index in [4.69, 9.17) is 16.6 Å². The Morgan fingerprint density at radius 3 is 2.61 bits per heavy atom. The number of rotatable bonds is 2. The summed E-state index contributed by atoms with van der Waals surface area (Å²) >= 11 is 6.75. The van der Waals surface area contributed by atoms with E-state index in [1.54, 1.807) is 9.25 Å². The molecule has 3 aromatic rings.